The maximum atomic E-state index is 2.59. The molecule has 0 saturated heterocycles. The van der Waals surface area contributed by atoms with Gasteiger partial charge in [0.05, 0.1) is 0 Å². The Hall–Kier alpha value is -0.0400. The van der Waals surface area contributed by atoms with Crippen molar-refractivity contribution in [3.05, 3.63) is 0 Å². The summed E-state index contributed by atoms with van der Waals surface area (Å²) in [6, 6.07) is 0. The molecule has 0 unspecified atom stereocenters. The van der Waals surface area contributed by atoms with Gasteiger partial charge in [-0.1, -0.05) is 78.6 Å². The molecule has 0 aliphatic heterocycles. The lowest BCUT2D eigenvalue weighted by atomic mass is 10.1. The number of nitrogens with zero attached hydrogens (tertiary/aromatic N) is 1. The van der Waals surface area contributed by atoms with Crippen LogP contribution in [0.25, 0.3) is 0 Å². The fourth-order valence-electron chi connectivity index (χ4n) is 2.57. The average Bonchev–Trinajstić information content (AvgIpc) is 2.39. The highest BCUT2D eigenvalue weighted by Crippen LogP contribution is 2.10. The van der Waals surface area contributed by atoms with Gasteiger partial charge in [-0.2, -0.15) is 0 Å². The first-order chi connectivity index (χ1) is 8.85. The zero-order chi connectivity index (χ0) is 13.5. The second kappa shape index (κ2) is 15.0. The van der Waals surface area contributed by atoms with Gasteiger partial charge in [0, 0.05) is 0 Å². The molecule has 0 rings (SSSR count). The van der Waals surface area contributed by atoms with Crippen LogP contribution in [-0.4, -0.2) is 24.5 Å². The van der Waals surface area contributed by atoms with E-state index in [9.17, 15) is 0 Å². The molecule has 0 aromatic rings. The third-order valence-corrected chi connectivity index (χ3v) is 3.81. The van der Waals surface area contributed by atoms with Crippen molar-refractivity contribution in [2.75, 3.05) is 19.6 Å². The summed E-state index contributed by atoms with van der Waals surface area (Å²) in [6.45, 7) is 10.7. The number of rotatable bonds is 14. The number of unbranched alkanes of at least 4 members (excludes halogenated alkanes) is 9. The molecule has 0 heterocycles. The minimum absolute atomic E-state index is 1.23. The summed E-state index contributed by atoms with van der Waals surface area (Å²) >= 11 is 0. The van der Waals surface area contributed by atoms with E-state index < -0.39 is 0 Å². The van der Waals surface area contributed by atoms with Gasteiger partial charge >= 0.3 is 0 Å². The predicted octanol–water partition coefficient (Wildman–Crippen LogP) is 5.64. The van der Waals surface area contributed by atoms with Crippen LogP contribution < -0.4 is 0 Å². The molecule has 0 aromatic carbocycles. The molecule has 0 bridgehead atoms. The number of hydrogen-bond acceptors (Lipinski definition) is 1. The van der Waals surface area contributed by atoms with E-state index in [4.69, 9.17) is 0 Å². The lowest BCUT2D eigenvalue weighted by Gasteiger charge is -2.19. The summed E-state index contributed by atoms with van der Waals surface area (Å²) in [5.41, 5.74) is 0. The molecule has 0 aliphatic rings. The number of hydrogen-bond donors (Lipinski definition) is 0. The molecule has 0 aromatic heterocycles. The Morgan fingerprint density at radius 2 is 1.00 bits per heavy atom. The Morgan fingerprint density at radius 3 is 1.44 bits per heavy atom. The standard InChI is InChI=1S/C17H37N/c1-4-7-8-9-10-11-12-13-14-15-17-18(6-3)16-5-2/h4-17H2,1-3H3. The zero-order valence-corrected chi connectivity index (χ0v) is 13.3. The highest BCUT2D eigenvalue weighted by atomic mass is 15.1. The van der Waals surface area contributed by atoms with Crippen molar-refractivity contribution in [1.82, 2.24) is 4.90 Å². The molecular formula is C17H37N. The largest absolute Gasteiger partial charge is 0.304 e. The van der Waals surface area contributed by atoms with Crippen LogP contribution in [0.4, 0.5) is 0 Å². The maximum Gasteiger partial charge on any atom is -0.00189 e. The van der Waals surface area contributed by atoms with E-state index in [-0.39, 0.29) is 0 Å². The van der Waals surface area contributed by atoms with Crippen LogP contribution in [-0.2, 0) is 0 Å². The fraction of sp³-hybridized carbons (Fsp3) is 1.00. The highest BCUT2D eigenvalue weighted by molar-refractivity contribution is 4.55. The van der Waals surface area contributed by atoms with Gasteiger partial charge in [-0.3, -0.25) is 0 Å². The van der Waals surface area contributed by atoms with Crippen LogP contribution in [0.1, 0.15) is 91.4 Å². The highest BCUT2D eigenvalue weighted by Gasteiger charge is 1.99. The summed E-state index contributed by atoms with van der Waals surface area (Å²) in [6.07, 6.45) is 15.7. The minimum Gasteiger partial charge on any atom is -0.304 e. The normalized spacial score (nSPS) is 11.3. The molecular weight excluding hydrogens is 218 g/mol. The Bertz CT molecular complexity index is 145. The maximum absolute atomic E-state index is 2.59. The lowest BCUT2D eigenvalue weighted by Crippen LogP contribution is -2.25. The van der Waals surface area contributed by atoms with E-state index in [2.05, 4.69) is 25.7 Å². The summed E-state index contributed by atoms with van der Waals surface area (Å²) in [5, 5.41) is 0. The first-order valence-corrected chi connectivity index (χ1v) is 8.57. The summed E-state index contributed by atoms with van der Waals surface area (Å²) in [5.74, 6) is 0. The molecule has 0 radical (unpaired) electrons. The Kier molecular flexibility index (Phi) is 15.0. The molecule has 0 aliphatic carbocycles. The molecule has 0 N–H and O–H groups in total. The van der Waals surface area contributed by atoms with Crippen LogP contribution in [0.5, 0.6) is 0 Å². The van der Waals surface area contributed by atoms with E-state index in [0.29, 0.717) is 0 Å². The van der Waals surface area contributed by atoms with Crippen molar-refractivity contribution in [3.63, 3.8) is 0 Å². The van der Waals surface area contributed by atoms with E-state index in [1.165, 1.54) is 90.3 Å². The molecule has 1 nitrogen and oxygen atoms in total. The monoisotopic (exact) mass is 255 g/mol. The summed E-state index contributed by atoms with van der Waals surface area (Å²) in [7, 11) is 0. The van der Waals surface area contributed by atoms with Crippen LogP contribution in [0.15, 0.2) is 0 Å². The van der Waals surface area contributed by atoms with Crippen molar-refractivity contribution >= 4 is 0 Å². The molecule has 0 saturated carbocycles. The predicted molar refractivity (Wildman–Crippen MR) is 84.2 cm³/mol. The molecule has 1 heteroatoms. The SMILES string of the molecule is CCCCCCCCCCCCN(CC)CCC. The molecule has 0 atom stereocenters. The van der Waals surface area contributed by atoms with Gasteiger partial charge in [0.25, 0.3) is 0 Å². The Labute approximate surface area is 116 Å². The van der Waals surface area contributed by atoms with Crippen LogP contribution in [0.3, 0.4) is 0 Å². The minimum atomic E-state index is 1.23. The first kappa shape index (κ1) is 18.0. The van der Waals surface area contributed by atoms with Gasteiger partial charge < -0.3 is 4.90 Å². The Morgan fingerprint density at radius 1 is 0.500 bits per heavy atom. The quantitative estimate of drug-likeness (QED) is 0.363. The lowest BCUT2D eigenvalue weighted by molar-refractivity contribution is 0.281. The summed E-state index contributed by atoms with van der Waals surface area (Å²) in [4.78, 5) is 2.59. The Balaban J connectivity index is 3.10. The van der Waals surface area contributed by atoms with Crippen molar-refractivity contribution < 1.29 is 0 Å². The van der Waals surface area contributed by atoms with Gasteiger partial charge in [-0.25, -0.2) is 0 Å². The van der Waals surface area contributed by atoms with Crippen LogP contribution in [0, 0.1) is 0 Å². The fourth-order valence-corrected chi connectivity index (χ4v) is 2.57. The molecule has 0 fully saturated rings. The van der Waals surface area contributed by atoms with Gasteiger partial charge in [0.1, 0.15) is 0 Å². The van der Waals surface area contributed by atoms with Crippen LogP contribution >= 0.6 is 0 Å². The molecule has 110 valence electrons. The van der Waals surface area contributed by atoms with Crippen molar-refractivity contribution in [2.45, 2.75) is 91.4 Å². The van der Waals surface area contributed by atoms with Gasteiger partial charge in [-0.15, -0.1) is 0 Å². The van der Waals surface area contributed by atoms with Crippen molar-refractivity contribution in [2.24, 2.45) is 0 Å². The molecule has 18 heavy (non-hydrogen) atoms. The van der Waals surface area contributed by atoms with Crippen molar-refractivity contribution in [3.8, 4) is 0 Å². The van der Waals surface area contributed by atoms with E-state index in [0.717, 1.165) is 0 Å². The van der Waals surface area contributed by atoms with E-state index >= 15 is 0 Å². The first-order valence-electron chi connectivity index (χ1n) is 8.57. The second-order valence-corrected chi connectivity index (χ2v) is 5.62. The third-order valence-electron chi connectivity index (χ3n) is 3.81. The van der Waals surface area contributed by atoms with Crippen LogP contribution in [0.2, 0.25) is 0 Å². The smallest absolute Gasteiger partial charge is 0.00189 e. The van der Waals surface area contributed by atoms with E-state index in [1.54, 1.807) is 0 Å². The van der Waals surface area contributed by atoms with Gasteiger partial charge in [0.2, 0.25) is 0 Å². The molecule has 0 spiro atoms. The summed E-state index contributed by atoms with van der Waals surface area (Å²) < 4.78 is 0. The van der Waals surface area contributed by atoms with Crippen molar-refractivity contribution in [1.29, 1.82) is 0 Å². The average molecular weight is 255 g/mol. The van der Waals surface area contributed by atoms with E-state index in [1.807, 2.05) is 0 Å². The second-order valence-electron chi connectivity index (χ2n) is 5.62. The molecule has 0 amide bonds. The van der Waals surface area contributed by atoms with Gasteiger partial charge in [0.15, 0.2) is 0 Å². The topological polar surface area (TPSA) is 3.24 Å². The zero-order valence-electron chi connectivity index (χ0n) is 13.3. The van der Waals surface area contributed by atoms with Gasteiger partial charge in [-0.05, 0) is 32.5 Å². The third kappa shape index (κ3) is 12.4.